The fourth-order valence-electron chi connectivity index (χ4n) is 6.19. The number of nitrogens with one attached hydrogen (secondary N) is 3. The van der Waals surface area contributed by atoms with Crippen LogP contribution in [-0.4, -0.2) is 90.3 Å². The lowest BCUT2D eigenvalue weighted by Crippen LogP contribution is -2.60. The third kappa shape index (κ3) is 8.21. The van der Waals surface area contributed by atoms with Gasteiger partial charge >= 0.3 is 6.09 Å². The zero-order chi connectivity index (χ0) is 37.7. The molecule has 1 aromatic carbocycles. The maximum atomic E-state index is 14.8. The molecular weight excluding hydrogens is 685 g/mol. The van der Waals surface area contributed by atoms with Crippen molar-refractivity contribution in [1.29, 1.82) is 0 Å². The van der Waals surface area contributed by atoms with E-state index in [0.717, 1.165) is 0 Å². The Hall–Kier alpha value is -4.47. The average molecular weight is 732 g/mol. The summed E-state index contributed by atoms with van der Waals surface area (Å²) in [5.74, 6) is -3.35. The maximum Gasteiger partial charge on any atom is 0.408 e. The number of ether oxygens (including phenoxy) is 3. The molecule has 51 heavy (non-hydrogen) atoms. The topological polar surface area (TPSA) is 182 Å². The number of fused-ring (bicyclic) bond motifs is 1. The smallest absolute Gasteiger partial charge is 0.408 e. The molecule has 2 saturated carbocycles. The van der Waals surface area contributed by atoms with Gasteiger partial charge in [0.2, 0.25) is 27.7 Å². The van der Waals surface area contributed by atoms with Crippen LogP contribution in [0.5, 0.6) is 11.6 Å². The Kier molecular flexibility index (Phi) is 10.1. The summed E-state index contributed by atoms with van der Waals surface area (Å²) in [7, 11) is -2.58. The predicted molar refractivity (Wildman–Crippen MR) is 185 cm³/mol. The van der Waals surface area contributed by atoms with Gasteiger partial charge in [-0.3, -0.25) is 19.1 Å². The Morgan fingerprint density at radius 3 is 2.39 bits per heavy atom. The second-order valence-electron chi connectivity index (χ2n) is 15.4. The Morgan fingerprint density at radius 1 is 1.14 bits per heavy atom. The highest BCUT2D eigenvalue weighted by Crippen LogP contribution is 2.45. The summed E-state index contributed by atoms with van der Waals surface area (Å²) >= 11 is 0. The van der Waals surface area contributed by atoms with E-state index in [4.69, 9.17) is 14.2 Å². The molecule has 1 aliphatic heterocycles. The van der Waals surface area contributed by atoms with Crippen LogP contribution in [0.3, 0.4) is 0 Å². The first-order valence-electron chi connectivity index (χ1n) is 16.8. The van der Waals surface area contributed by atoms with Gasteiger partial charge in [0, 0.05) is 23.9 Å². The van der Waals surface area contributed by atoms with Gasteiger partial charge in [-0.25, -0.2) is 22.6 Å². The second kappa shape index (κ2) is 13.6. The molecule has 2 heterocycles. The number of methoxy groups -OCH3 is 1. The van der Waals surface area contributed by atoms with Crippen LogP contribution < -0.4 is 24.8 Å². The molecule has 3 aliphatic rings. The minimum atomic E-state index is -3.92. The first kappa shape index (κ1) is 37.8. The first-order valence-corrected chi connectivity index (χ1v) is 18.3. The van der Waals surface area contributed by atoms with Crippen LogP contribution in [0, 0.1) is 17.2 Å². The molecule has 1 saturated heterocycles. The number of hydrogen-bond donors (Lipinski definition) is 3. The molecule has 3 N–H and O–H groups in total. The lowest BCUT2D eigenvalue weighted by molar-refractivity contribution is -0.143. The average Bonchev–Trinajstić information content (AvgIpc) is 3.95. The van der Waals surface area contributed by atoms with Gasteiger partial charge in [-0.2, -0.15) is 0 Å². The molecule has 4 amide bonds. The van der Waals surface area contributed by atoms with Crippen molar-refractivity contribution in [2.45, 2.75) is 102 Å². The number of carbonyl (C=O) groups excluding carboxylic acids is 4. The van der Waals surface area contributed by atoms with Crippen LogP contribution in [0.1, 0.15) is 67.2 Å². The number of sulfonamides is 1. The number of amides is 4. The minimum Gasteiger partial charge on any atom is -0.494 e. The lowest BCUT2D eigenvalue weighted by atomic mass is 9.85. The highest BCUT2D eigenvalue weighted by molar-refractivity contribution is 7.91. The number of nitrogens with zero attached hydrogens (tertiary/aromatic N) is 2. The monoisotopic (exact) mass is 731 g/mol. The summed E-state index contributed by atoms with van der Waals surface area (Å²) in [6.07, 6.45) is 2.16. The molecule has 0 bridgehead atoms. The Bertz CT molecular complexity index is 1850. The summed E-state index contributed by atoms with van der Waals surface area (Å²) in [6.45, 7) is 13.9. The van der Waals surface area contributed by atoms with Crippen LogP contribution in [0.2, 0.25) is 0 Å². The van der Waals surface area contributed by atoms with Gasteiger partial charge in [-0.05, 0) is 69.0 Å². The van der Waals surface area contributed by atoms with E-state index in [0.29, 0.717) is 23.6 Å². The zero-order valence-electron chi connectivity index (χ0n) is 29.9. The number of rotatable bonds is 11. The Labute approximate surface area is 296 Å². The molecular formula is C35H46FN5O9S. The molecule has 16 heteroatoms. The van der Waals surface area contributed by atoms with E-state index < -0.39 is 85.6 Å². The van der Waals surface area contributed by atoms with Gasteiger partial charge < -0.3 is 29.7 Å². The zero-order valence-corrected chi connectivity index (χ0v) is 30.7. The van der Waals surface area contributed by atoms with Crippen LogP contribution in [0.4, 0.5) is 9.18 Å². The molecule has 1 aromatic heterocycles. The van der Waals surface area contributed by atoms with Gasteiger partial charge in [0.1, 0.15) is 29.3 Å². The molecule has 0 spiro atoms. The maximum absolute atomic E-state index is 14.8. The van der Waals surface area contributed by atoms with Gasteiger partial charge in [0.25, 0.3) is 5.91 Å². The van der Waals surface area contributed by atoms with E-state index in [2.05, 4.69) is 26.9 Å². The highest BCUT2D eigenvalue weighted by atomic mass is 32.2. The fourth-order valence-corrected chi connectivity index (χ4v) is 7.55. The van der Waals surface area contributed by atoms with E-state index in [1.807, 2.05) is 0 Å². The predicted octanol–water partition coefficient (Wildman–Crippen LogP) is 3.34. The molecule has 5 unspecified atom stereocenters. The van der Waals surface area contributed by atoms with Crippen LogP contribution >= 0.6 is 0 Å². The molecule has 2 aliphatic carbocycles. The normalized spacial score (nSPS) is 23.9. The van der Waals surface area contributed by atoms with E-state index in [9.17, 15) is 32.0 Å². The standard InChI is InChI=1S/C35H46FN5O9S/c1-9-20-17-35(20,31(44)40-51(46,47)22-10-11-22)39-28(42)25-15-21(49-29-23-16-24(36)26(48-8)14-19(23)12-13-37-29)18-41(25)30(43)27(33(2,3)4)38-32(45)50-34(5,6)7/h9,12-14,16,20-22,25,27H,1,10-11,15,17-18H2,2-8H3,(H,38,45)(H,39,42)(H,40,44). The Balaban J connectivity index is 1.46. The molecule has 0 radical (unpaired) electrons. The van der Waals surface area contributed by atoms with Crippen LogP contribution in [-0.2, 0) is 29.1 Å². The van der Waals surface area contributed by atoms with E-state index in [-0.39, 0.29) is 31.0 Å². The number of halogens is 1. The second-order valence-corrected chi connectivity index (χ2v) is 17.4. The summed E-state index contributed by atoms with van der Waals surface area (Å²) in [5.41, 5.74) is -3.31. The number of benzene rings is 1. The van der Waals surface area contributed by atoms with Crippen molar-refractivity contribution < 1.29 is 46.2 Å². The van der Waals surface area contributed by atoms with Crippen molar-refractivity contribution >= 4 is 44.6 Å². The fraction of sp³-hybridized carbons (Fsp3) is 0.571. The molecule has 3 fully saturated rings. The number of aromatic nitrogens is 1. The number of hydrogen-bond acceptors (Lipinski definition) is 10. The lowest BCUT2D eigenvalue weighted by Gasteiger charge is -2.36. The van der Waals surface area contributed by atoms with Crippen molar-refractivity contribution in [2.24, 2.45) is 11.3 Å². The highest BCUT2D eigenvalue weighted by Gasteiger charge is 2.62. The van der Waals surface area contributed by atoms with Crippen molar-refractivity contribution in [3.05, 3.63) is 42.9 Å². The van der Waals surface area contributed by atoms with Crippen molar-refractivity contribution in [1.82, 2.24) is 25.2 Å². The number of pyridine rings is 1. The first-order chi connectivity index (χ1) is 23.7. The number of carbonyl (C=O) groups is 4. The number of alkyl carbamates (subject to hydrolysis) is 1. The van der Waals surface area contributed by atoms with Gasteiger partial charge in [0.05, 0.1) is 18.9 Å². The van der Waals surface area contributed by atoms with Crippen molar-refractivity contribution in [2.75, 3.05) is 13.7 Å². The summed E-state index contributed by atoms with van der Waals surface area (Å²) in [5, 5.41) is 5.63. The third-order valence-corrected chi connectivity index (χ3v) is 11.0. The largest absolute Gasteiger partial charge is 0.494 e. The molecule has 278 valence electrons. The molecule has 14 nitrogen and oxygen atoms in total. The molecule has 5 rings (SSSR count). The van der Waals surface area contributed by atoms with E-state index in [1.165, 1.54) is 36.4 Å². The summed E-state index contributed by atoms with van der Waals surface area (Å²) < 4.78 is 58.9. The van der Waals surface area contributed by atoms with Crippen molar-refractivity contribution in [3.8, 4) is 11.6 Å². The van der Waals surface area contributed by atoms with E-state index >= 15 is 0 Å². The van der Waals surface area contributed by atoms with Gasteiger partial charge in [-0.1, -0.05) is 26.8 Å². The number of likely N-dealkylation sites (tertiary alicyclic amines) is 1. The SMILES string of the molecule is C=CC1CC1(NC(=O)C1CC(Oc2nccc3cc(OC)c(F)cc23)CN1C(=O)C(NC(=O)OC(C)(C)C)C(C)(C)C)C(=O)NS(=O)(=O)C1CC1. The molecule has 5 atom stereocenters. The third-order valence-electron chi connectivity index (χ3n) is 9.15. The van der Waals surface area contributed by atoms with Crippen LogP contribution in [0.15, 0.2) is 37.1 Å². The Morgan fingerprint density at radius 2 is 1.82 bits per heavy atom. The minimum absolute atomic E-state index is 0.0283. The van der Waals surface area contributed by atoms with Gasteiger partial charge in [0.15, 0.2) is 11.6 Å². The van der Waals surface area contributed by atoms with Crippen molar-refractivity contribution in [3.63, 3.8) is 0 Å². The quantitative estimate of drug-likeness (QED) is 0.290. The summed E-state index contributed by atoms with van der Waals surface area (Å²) in [4.78, 5) is 60.5. The molecule has 2 aromatic rings. The van der Waals surface area contributed by atoms with Crippen LogP contribution in [0.25, 0.3) is 10.8 Å². The van der Waals surface area contributed by atoms with Gasteiger partial charge in [-0.15, -0.1) is 6.58 Å². The van der Waals surface area contributed by atoms with E-state index in [1.54, 1.807) is 47.6 Å². The summed E-state index contributed by atoms with van der Waals surface area (Å²) in [6, 6.07) is 1.98.